The number of nitrogens with zero attached hydrogens (tertiary/aromatic N) is 5. The number of hydrogen-bond acceptors (Lipinski definition) is 6. The number of carbonyl (C=O) groups is 1. The van der Waals surface area contributed by atoms with E-state index in [1.807, 2.05) is 13.8 Å². The van der Waals surface area contributed by atoms with E-state index in [-0.39, 0.29) is 5.82 Å². The van der Waals surface area contributed by atoms with Gasteiger partial charge in [0.25, 0.3) is 5.82 Å². The molecule has 2 rings (SSSR count). The van der Waals surface area contributed by atoms with Crippen molar-refractivity contribution >= 4 is 17.6 Å². The Morgan fingerprint density at radius 3 is 2.72 bits per heavy atom. The molecule has 0 aliphatic rings. The smallest absolute Gasteiger partial charge is 0.377 e. The number of aromatic nitrogens is 5. The molecule has 0 radical (unpaired) electrons. The molecule has 0 aliphatic carbocycles. The van der Waals surface area contributed by atoms with Gasteiger partial charge in [0.1, 0.15) is 6.33 Å². The van der Waals surface area contributed by atoms with E-state index in [1.54, 1.807) is 0 Å². The summed E-state index contributed by atoms with van der Waals surface area (Å²) in [4.78, 5) is 15.1. The second-order valence-corrected chi connectivity index (χ2v) is 3.93. The van der Waals surface area contributed by atoms with Gasteiger partial charge < -0.3 is 4.74 Å². The average molecular weight is 268 g/mol. The summed E-state index contributed by atoms with van der Waals surface area (Å²) in [6.07, 6.45) is 1.37. The van der Waals surface area contributed by atoms with Gasteiger partial charge in [-0.3, -0.25) is 0 Å². The molecular formula is C10H10ClN5O2. The molecule has 18 heavy (non-hydrogen) atoms. The Hall–Kier alpha value is -2.02. The van der Waals surface area contributed by atoms with Crippen LogP contribution in [0.4, 0.5) is 0 Å². The van der Waals surface area contributed by atoms with E-state index >= 15 is 0 Å². The van der Waals surface area contributed by atoms with Crippen LogP contribution in [-0.4, -0.2) is 38.0 Å². The molecule has 0 N–H and O–H groups in total. The lowest BCUT2D eigenvalue weighted by Gasteiger charge is -2.06. The van der Waals surface area contributed by atoms with Gasteiger partial charge in [-0.2, -0.15) is 4.68 Å². The van der Waals surface area contributed by atoms with Crippen LogP contribution in [0.5, 0.6) is 0 Å². The van der Waals surface area contributed by atoms with E-state index < -0.39 is 5.97 Å². The summed E-state index contributed by atoms with van der Waals surface area (Å²) in [6, 6.07) is 0. The zero-order valence-electron chi connectivity index (χ0n) is 10.0. The van der Waals surface area contributed by atoms with Crippen molar-refractivity contribution in [2.45, 2.75) is 13.8 Å². The summed E-state index contributed by atoms with van der Waals surface area (Å²) in [7, 11) is 1.26. The first-order valence-corrected chi connectivity index (χ1v) is 5.42. The van der Waals surface area contributed by atoms with Crippen LogP contribution in [0.15, 0.2) is 6.33 Å². The molecule has 0 fully saturated rings. The molecule has 0 saturated carbocycles. The van der Waals surface area contributed by atoms with Crippen LogP contribution in [-0.2, 0) is 4.74 Å². The maximum atomic E-state index is 11.2. The third kappa shape index (κ3) is 2.04. The van der Waals surface area contributed by atoms with Crippen molar-refractivity contribution in [3.8, 4) is 5.82 Å². The number of rotatable bonds is 2. The maximum Gasteiger partial charge on any atom is 0.377 e. The quantitative estimate of drug-likeness (QED) is 0.758. The van der Waals surface area contributed by atoms with Crippen LogP contribution in [0.3, 0.4) is 0 Å². The molecule has 0 saturated heterocycles. The van der Waals surface area contributed by atoms with Crippen LogP contribution >= 0.6 is 11.6 Å². The van der Waals surface area contributed by atoms with Crippen molar-refractivity contribution < 1.29 is 9.53 Å². The zero-order chi connectivity index (χ0) is 13.3. The Morgan fingerprint density at radius 2 is 2.06 bits per heavy atom. The largest absolute Gasteiger partial charge is 0.463 e. The molecule has 0 spiro atoms. The SMILES string of the molecule is COC(=O)c1ncn(-c2nnc(Cl)c(C)c2C)n1. The molecule has 0 amide bonds. The average Bonchev–Trinajstić information content (AvgIpc) is 2.84. The molecule has 0 atom stereocenters. The maximum absolute atomic E-state index is 11.2. The van der Waals surface area contributed by atoms with Crippen LogP contribution in [0.25, 0.3) is 5.82 Å². The first kappa shape index (κ1) is 12.4. The molecule has 94 valence electrons. The van der Waals surface area contributed by atoms with Crippen molar-refractivity contribution in [2.24, 2.45) is 0 Å². The van der Waals surface area contributed by atoms with Crippen LogP contribution in [0.2, 0.25) is 5.15 Å². The fourth-order valence-corrected chi connectivity index (χ4v) is 1.51. The highest BCUT2D eigenvalue weighted by molar-refractivity contribution is 6.30. The second-order valence-electron chi connectivity index (χ2n) is 3.57. The number of ether oxygens (including phenoxy) is 1. The molecular weight excluding hydrogens is 258 g/mol. The third-order valence-electron chi connectivity index (χ3n) is 2.52. The third-order valence-corrected chi connectivity index (χ3v) is 2.88. The summed E-state index contributed by atoms with van der Waals surface area (Å²) < 4.78 is 5.88. The first-order valence-electron chi connectivity index (χ1n) is 5.04. The number of methoxy groups -OCH3 is 1. The summed E-state index contributed by atoms with van der Waals surface area (Å²) in [5.41, 5.74) is 1.62. The molecule has 8 heteroatoms. The lowest BCUT2D eigenvalue weighted by Crippen LogP contribution is -2.08. The van der Waals surface area contributed by atoms with Gasteiger partial charge in [-0.05, 0) is 19.4 Å². The number of carbonyl (C=O) groups excluding carboxylic acids is 1. The van der Waals surface area contributed by atoms with E-state index in [9.17, 15) is 4.79 Å². The summed E-state index contributed by atoms with van der Waals surface area (Å²) in [6.45, 7) is 3.67. The van der Waals surface area contributed by atoms with Crippen molar-refractivity contribution in [1.29, 1.82) is 0 Å². The standard InChI is InChI=1S/C10H10ClN5O2/c1-5-6(2)9(14-13-7(5)11)16-4-12-8(15-16)10(17)18-3/h4H,1-3H3. The van der Waals surface area contributed by atoms with Gasteiger partial charge in [0, 0.05) is 5.56 Å². The van der Waals surface area contributed by atoms with Crippen molar-refractivity contribution in [3.05, 3.63) is 28.4 Å². The minimum absolute atomic E-state index is 0.0358. The highest BCUT2D eigenvalue weighted by Crippen LogP contribution is 2.19. The fraction of sp³-hybridized carbons (Fsp3) is 0.300. The van der Waals surface area contributed by atoms with Gasteiger partial charge in [0.05, 0.1) is 7.11 Å². The van der Waals surface area contributed by atoms with Crippen molar-refractivity contribution in [3.63, 3.8) is 0 Å². The number of hydrogen-bond donors (Lipinski definition) is 0. The lowest BCUT2D eigenvalue weighted by molar-refractivity contribution is 0.0587. The van der Waals surface area contributed by atoms with Gasteiger partial charge in [0.2, 0.25) is 0 Å². The van der Waals surface area contributed by atoms with Crippen molar-refractivity contribution in [2.75, 3.05) is 7.11 Å². The van der Waals surface area contributed by atoms with Crippen LogP contribution < -0.4 is 0 Å². The lowest BCUT2D eigenvalue weighted by atomic mass is 10.2. The number of esters is 1. The van der Waals surface area contributed by atoms with Crippen molar-refractivity contribution in [1.82, 2.24) is 25.0 Å². The Bertz CT molecular complexity index is 610. The minimum atomic E-state index is -0.606. The van der Waals surface area contributed by atoms with E-state index in [2.05, 4.69) is 25.0 Å². The Balaban J connectivity index is 2.47. The minimum Gasteiger partial charge on any atom is -0.463 e. The molecule has 2 aromatic rings. The summed E-state index contributed by atoms with van der Waals surface area (Å²) in [5.74, 6) is -0.170. The highest BCUT2D eigenvalue weighted by Gasteiger charge is 2.15. The normalized spacial score (nSPS) is 10.4. The van der Waals surface area contributed by atoms with Crippen LogP contribution in [0.1, 0.15) is 21.7 Å². The monoisotopic (exact) mass is 267 g/mol. The summed E-state index contributed by atoms with van der Waals surface area (Å²) in [5, 5.41) is 12.0. The van der Waals surface area contributed by atoms with Gasteiger partial charge in [-0.1, -0.05) is 11.6 Å². The molecule has 2 aromatic heterocycles. The Labute approximate surface area is 108 Å². The predicted octanol–water partition coefficient (Wildman–Crippen LogP) is 1.11. The van der Waals surface area contributed by atoms with E-state index in [0.29, 0.717) is 11.0 Å². The first-order chi connectivity index (χ1) is 8.54. The molecule has 2 heterocycles. The van der Waals surface area contributed by atoms with Gasteiger partial charge >= 0.3 is 5.97 Å². The van der Waals surface area contributed by atoms with E-state index in [0.717, 1.165) is 11.1 Å². The Kier molecular flexibility index (Phi) is 3.24. The van der Waals surface area contributed by atoms with Gasteiger partial charge in [-0.15, -0.1) is 15.3 Å². The fourth-order valence-electron chi connectivity index (χ4n) is 1.33. The molecule has 7 nitrogen and oxygen atoms in total. The Morgan fingerprint density at radius 1 is 1.33 bits per heavy atom. The van der Waals surface area contributed by atoms with Crippen LogP contribution in [0, 0.1) is 13.8 Å². The topological polar surface area (TPSA) is 82.8 Å². The molecule has 0 aromatic carbocycles. The summed E-state index contributed by atoms with van der Waals surface area (Å²) >= 11 is 5.86. The van der Waals surface area contributed by atoms with Gasteiger partial charge in [0.15, 0.2) is 11.0 Å². The molecule has 0 bridgehead atoms. The second kappa shape index (κ2) is 4.69. The molecule has 0 unspecified atom stereocenters. The van der Waals surface area contributed by atoms with E-state index in [4.69, 9.17) is 11.6 Å². The highest BCUT2D eigenvalue weighted by atomic mass is 35.5. The van der Waals surface area contributed by atoms with Gasteiger partial charge in [-0.25, -0.2) is 9.78 Å². The van der Waals surface area contributed by atoms with E-state index in [1.165, 1.54) is 18.1 Å². The predicted molar refractivity (Wildman–Crippen MR) is 62.8 cm³/mol. The number of halogens is 1. The zero-order valence-corrected chi connectivity index (χ0v) is 10.8. The molecule has 0 aliphatic heterocycles.